The highest BCUT2D eigenvalue weighted by Crippen LogP contribution is 2.39. The van der Waals surface area contributed by atoms with Crippen LogP contribution in [0.3, 0.4) is 0 Å². The number of nitrogens with zero attached hydrogens (tertiary/aromatic N) is 3. The molecule has 1 amide bonds. The Morgan fingerprint density at radius 2 is 1.93 bits per heavy atom. The third-order valence-corrected chi connectivity index (χ3v) is 7.26. The molecule has 0 radical (unpaired) electrons. The number of ether oxygens (including phenoxy) is 1. The first-order chi connectivity index (χ1) is 13.4. The van der Waals surface area contributed by atoms with Crippen LogP contribution in [0.15, 0.2) is 29.2 Å². The van der Waals surface area contributed by atoms with Crippen molar-refractivity contribution in [2.45, 2.75) is 23.7 Å². The van der Waals surface area contributed by atoms with Crippen molar-refractivity contribution in [2.24, 2.45) is 0 Å². The van der Waals surface area contributed by atoms with Gasteiger partial charge in [0.1, 0.15) is 16.3 Å². The number of nitrogens with one attached hydrogen (secondary N) is 1. The van der Waals surface area contributed by atoms with Crippen LogP contribution in [-0.4, -0.2) is 67.0 Å². The summed E-state index contributed by atoms with van der Waals surface area (Å²) in [4.78, 5) is 14.3. The first-order valence-electron chi connectivity index (χ1n) is 9.08. The molecule has 28 heavy (non-hydrogen) atoms. The number of aromatic amines is 1. The summed E-state index contributed by atoms with van der Waals surface area (Å²) >= 11 is 5.98. The molecule has 0 atom stereocenters. The van der Waals surface area contributed by atoms with Gasteiger partial charge in [-0.1, -0.05) is 11.6 Å². The molecule has 2 aromatic rings. The molecule has 1 aliphatic heterocycles. The number of hydrogen-bond donors (Lipinski definition) is 1. The monoisotopic (exact) mass is 424 g/mol. The standard InChI is InChI=1S/C18H21ClN4O4S/c1-27-16-5-4-13(19)10-17(16)28(25,26)23-8-6-22(7-9-23)18(24)15-11-14(20-21-15)12-2-3-12/h4-5,10-12H,2-3,6-9H2,1H3,(H,20,21). The second kappa shape index (κ2) is 7.38. The number of piperazine rings is 1. The normalized spacial score (nSPS) is 18.3. The summed E-state index contributed by atoms with van der Waals surface area (Å²) in [6.07, 6.45) is 2.25. The van der Waals surface area contributed by atoms with Gasteiger partial charge in [0.15, 0.2) is 0 Å². The number of benzene rings is 1. The quantitative estimate of drug-likeness (QED) is 0.792. The summed E-state index contributed by atoms with van der Waals surface area (Å²) in [6, 6.07) is 6.30. The Bertz CT molecular complexity index is 995. The zero-order valence-corrected chi connectivity index (χ0v) is 17.0. The lowest BCUT2D eigenvalue weighted by atomic mass is 10.2. The van der Waals surface area contributed by atoms with Gasteiger partial charge in [-0.25, -0.2) is 8.42 Å². The van der Waals surface area contributed by atoms with E-state index in [2.05, 4.69) is 10.2 Å². The third-order valence-electron chi connectivity index (χ3n) is 5.10. The summed E-state index contributed by atoms with van der Waals surface area (Å²) in [5.41, 5.74) is 1.38. The van der Waals surface area contributed by atoms with E-state index in [0.29, 0.717) is 29.7 Å². The number of sulfonamides is 1. The van der Waals surface area contributed by atoms with E-state index in [1.54, 1.807) is 17.0 Å². The molecule has 0 bridgehead atoms. The van der Waals surface area contributed by atoms with Gasteiger partial charge in [-0.15, -0.1) is 0 Å². The number of hydrogen-bond acceptors (Lipinski definition) is 5. The van der Waals surface area contributed by atoms with Crippen molar-refractivity contribution >= 4 is 27.5 Å². The number of carbonyl (C=O) groups excluding carboxylic acids is 1. The Balaban J connectivity index is 1.45. The smallest absolute Gasteiger partial charge is 0.274 e. The van der Waals surface area contributed by atoms with E-state index in [-0.39, 0.29) is 29.6 Å². The highest BCUT2D eigenvalue weighted by Gasteiger charge is 2.33. The van der Waals surface area contributed by atoms with Crippen LogP contribution < -0.4 is 4.74 Å². The maximum Gasteiger partial charge on any atom is 0.274 e. The van der Waals surface area contributed by atoms with Crippen molar-refractivity contribution in [1.82, 2.24) is 19.4 Å². The fraction of sp³-hybridized carbons (Fsp3) is 0.444. The number of H-pyrrole nitrogens is 1. The van der Waals surface area contributed by atoms with E-state index in [1.807, 2.05) is 0 Å². The van der Waals surface area contributed by atoms with E-state index in [0.717, 1.165) is 18.5 Å². The lowest BCUT2D eigenvalue weighted by Gasteiger charge is -2.33. The zero-order valence-electron chi connectivity index (χ0n) is 15.4. The fourth-order valence-corrected chi connectivity index (χ4v) is 5.17. The second-order valence-electron chi connectivity index (χ2n) is 6.97. The Labute approximate surface area is 168 Å². The molecule has 1 aromatic carbocycles. The SMILES string of the molecule is COc1ccc(Cl)cc1S(=O)(=O)N1CCN(C(=O)c2cc(C3CC3)[nH]n2)CC1. The highest BCUT2D eigenvalue weighted by atomic mass is 35.5. The molecule has 0 unspecified atom stereocenters. The van der Waals surface area contributed by atoms with Gasteiger partial charge in [-0.05, 0) is 37.1 Å². The molecule has 1 saturated carbocycles. The van der Waals surface area contributed by atoms with Gasteiger partial charge in [0.25, 0.3) is 5.91 Å². The Morgan fingerprint density at radius 3 is 2.57 bits per heavy atom. The van der Waals surface area contributed by atoms with Crippen LogP contribution in [0.25, 0.3) is 0 Å². The minimum absolute atomic E-state index is 0.0312. The largest absolute Gasteiger partial charge is 0.495 e. The minimum atomic E-state index is -3.78. The molecule has 10 heteroatoms. The van der Waals surface area contributed by atoms with E-state index in [4.69, 9.17) is 16.3 Å². The number of methoxy groups -OCH3 is 1. The fourth-order valence-electron chi connectivity index (χ4n) is 3.33. The van der Waals surface area contributed by atoms with E-state index < -0.39 is 10.0 Å². The van der Waals surface area contributed by atoms with Crippen LogP contribution in [0.5, 0.6) is 5.75 Å². The van der Waals surface area contributed by atoms with Crippen molar-refractivity contribution in [1.29, 1.82) is 0 Å². The molecule has 2 heterocycles. The topological polar surface area (TPSA) is 95.6 Å². The van der Waals surface area contributed by atoms with Crippen molar-refractivity contribution in [3.05, 3.63) is 40.7 Å². The third kappa shape index (κ3) is 3.61. The molecule has 1 saturated heterocycles. The van der Waals surface area contributed by atoms with Gasteiger partial charge in [-0.2, -0.15) is 9.40 Å². The molecule has 150 valence electrons. The van der Waals surface area contributed by atoms with Gasteiger partial charge in [-0.3, -0.25) is 9.89 Å². The van der Waals surface area contributed by atoms with Crippen LogP contribution in [0.1, 0.15) is 34.9 Å². The molecule has 2 fully saturated rings. The first-order valence-corrected chi connectivity index (χ1v) is 10.9. The summed E-state index contributed by atoms with van der Waals surface area (Å²) in [6.45, 7) is 0.992. The maximum atomic E-state index is 13.0. The molecule has 2 aliphatic rings. The summed E-state index contributed by atoms with van der Waals surface area (Å²) in [5.74, 6) is 0.552. The number of rotatable bonds is 5. The molecule has 8 nitrogen and oxygen atoms in total. The molecule has 0 spiro atoms. The van der Waals surface area contributed by atoms with E-state index >= 15 is 0 Å². The number of halogens is 1. The van der Waals surface area contributed by atoms with E-state index in [9.17, 15) is 13.2 Å². The number of aromatic nitrogens is 2. The van der Waals surface area contributed by atoms with Crippen LogP contribution in [0, 0.1) is 0 Å². The average molecular weight is 425 g/mol. The van der Waals surface area contributed by atoms with Gasteiger partial charge < -0.3 is 9.64 Å². The predicted octanol–water partition coefficient (Wildman–Crippen LogP) is 2.10. The summed E-state index contributed by atoms with van der Waals surface area (Å²) < 4.78 is 32.6. The maximum absolute atomic E-state index is 13.0. The van der Waals surface area contributed by atoms with Gasteiger partial charge in [0.2, 0.25) is 10.0 Å². The molecule has 1 aromatic heterocycles. The Hall–Kier alpha value is -2.10. The predicted molar refractivity (Wildman–Crippen MR) is 103 cm³/mol. The Morgan fingerprint density at radius 1 is 1.21 bits per heavy atom. The molecular weight excluding hydrogens is 404 g/mol. The van der Waals surface area contributed by atoms with Gasteiger partial charge in [0.05, 0.1) is 7.11 Å². The average Bonchev–Trinajstić information content (AvgIpc) is 3.44. The van der Waals surface area contributed by atoms with Crippen LogP contribution in [0.2, 0.25) is 5.02 Å². The second-order valence-corrected chi connectivity index (χ2v) is 9.32. The molecule has 1 aliphatic carbocycles. The summed E-state index contributed by atoms with van der Waals surface area (Å²) in [5, 5.41) is 7.37. The van der Waals surface area contributed by atoms with E-state index in [1.165, 1.54) is 23.5 Å². The van der Waals surface area contributed by atoms with Crippen molar-refractivity contribution in [3.63, 3.8) is 0 Å². The van der Waals surface area contributed by atoms with Crippen LogP contribution in [-0.2, 0) is 10.0 Å². The van der Waals surface area contributed by atoms with Crippen LogP contribution >= 0.6 is 11.6 Å². The lowest BCUT2D eigenvalue weighted by Crippen LogP contribution is -2.50. The van der Waals surface area contributed by atoms with Crippen molar-refractivity contribution in [3.8, 4) is 5.75 Å². The number of carbonyl (C=O) groups is 1. The van der Waals surface area contributed by atoms with Crippen LogP contribution in [0.4, 0.5) is 0 Å². The minimum Gasteiger partial charge on any atom is -0.495 e. The van der Waals surface area contributed by atoms with Crippen molar-refractivity contribution in [2.75, 3.05) is 33.3 Å². The van der Waals surface area contributed by atoms with Crippen molar-refractivity contribution < 1.29 is 17.9 Å². The van der Waals surface area contributed by atoms with Gasteiger partial charge >= 0.3 is 0 Å². The lowest BCUT2D eigenvalue weighted by molar-refractivity contribution is 0.0692. The first kappa shape index (κ1) is 19.2. The Kier molecular flexibility index (Phi) is 5.07. The highest BCUT2D eigenvalue weighted by molar-refractivity contribution is 7.89. The molecular formula is C18H21ClN4O4S. The number of amides is 1. The molecule has 1 N–H and O–H groups in total. The summed E-state index contributed by atoms with van der Waals surface area (Å²) in [7, 11) is -2.36. The molecule has 4 rings (SSSR count). The zero-order chi connectivity index (χ0) is 19.9. The van der Waals surface area contributed by atoms with Gasteiger partial charge in [0, 0.05) is 42.8 Å².